The van der Waals surface area contributed by atoms with Crippen molar-refractivity contribution in [3.63, 3.8) is 0 Å². The summed E-state index contributed by atoms with van der Waals surface area (Å²) in [5.41, 5.74) is 0.626. The third-order valence-corrected chi connectivity index (χ3v) is 7.20. The molecular weight excluding hydrogens is 362 g/mol. The summed E-state index contributed by atoms with van der Waals surface area (Å²) in [6, 6.07) is 6.91. The molecule has 1 aromatic carbocycles. The van der Waals surface area contributed by atoms with Crippen molar-refractivity contribution >= 4 is 21.6 Å². The van der Waals surface area contributed by atoms with Gasteiger partial charge in [-0.15, -0.1) is 0 Å². The first-order chi connectivity index (χ1) is 12.9. The summed E-state index contributed by atoms with van der Waals surface area (Å²) < 4.78 is 27.9. The van der Waals surface area contributed by atoms with Crippen molar-refractivity contribution in [2.45, 2.75) is 75.3 Å². The number of likely N-dealkylation sites (tertiary alicyclic amines) is 1. The van der Waals surface area contributed by atoms with Gasteiger partial charge in [-0.1, -0.05) is 25.7 Å². The number of rotatable bonds is 6. The second-order valence-electron chi connectivity index (χ2n) is 7.84. The molecule has 0 aromatic heterocycles. The molecule has 2 fully saturated rings. The fraction of sp³-hybridized carbons (Fsp3) is 0.650. The lowest BCUT2D eigenvalue weighted by molar-refractivity contribution is -0.118. The predicted octanol–water partition coefficient (Wildman–Crippen LogP) is 3.11. The maximum Gasteiger partial charge on any atom is 0.240 e. The van der Waals surface area contributed by atoms with Crippen LogP contribution in [0.1, 0.15) is 58.3 Å². The highest BCUT2D eigenvalue weighted by Gasteiger charge is 2.22. The fourth-order valence-corrected chi connectivity index (χ4v) is 5.31. The van der Waals surface area contributed by atoms with Crippen LogP contribution in [0.4, 0.5) is 5.69 Å². The van der Waals surface area contributed by atoms with Crippen LogP contribution in [0.25, 0.3) is 0 Å². The quantitative estimate of drug-likeness (QED) is 0.778. The monoisotopic (exact) mass is 393 g/mol. The van der Waals surface area contributed by atoms with E-state index in [0.29, 0.717) is 18.3 Å². The third kappa shape index (κ3) is 5.77. The standard InChI is InChI=1S/C20H31N3O3S/c1-16-7-5-6-14-23(16)15-20(24)21-17-10-12-19(13-11-17)27(25,26)22-18-8-3-2-4-9-18/h10-13,16,18,22H,2-9,14-15H2,1H3,(H,21,24). The molecule has 1 saturated heterocycles. The SMILES string of the molecule is CC1CCCCN1CC(=O)Nc1ccc(S(=O)(=O)NC2CCCCC2)cc1. The summed E-state index contributed by atoms with van der Waals surface area (Å²) in [7, 11) is -3.51. The van der Waals surface area contributed by atoms with Gasteiger partial charge >= 0.3 is 0 Å². The number of hydrogen-bond donors (Lipinski definition) is 2. The third-order valence-electron chi connectivity index (χ3n) is 5.66. The lowest BCUT2D eigenvalue weighted by Crippen LogP contribution is -2.42. The minimum atomic E-state index is -3.51. The molecule has 1 unspecified atom stereocenters. The van der Waals surface area contributed by atoms with E-state index in [0.717, 1.165) is 45.1 Å². The molecule has 150 valence electrons. The number of benzene rings is 1. The van der Waals surface area contributed by atoms with Gasteiger partial charge in [0.15, 0.2) is 0 Å². The van der Waals surface area contributed by atoms with E-state index in [1.165, 1.54) is 12.8 Å². The van der Waals surface area contributed by atoms with Gasteiger partial charge in [-0.05, 0) is 63.4 Å². The van der Waals surface area contributed by atoms with Crippen molar-refractivity contribution in [3.8, 4) is 0 Å². The smallest absolute Gasteiger partial charge is 0.240 e. The first kappa shape index (κ1) is 20.3. The Balaban J connectivity index is 1.55. The molecule has 1 heterocycles. The van der Waals surface area contributed by atoms with Crippen molar-refractivity contribution in [3.05, 3.63) is 24.3 Å². The number of amides is 1. The maximum atomic E-state index is 12.5. The minimum absolute atomic E-state index is 0.0367. The molecule has 1 saturated carbocycles. The normalized spacial score (nSPS) is 22.5. The topological polar surface area (TPSA) is 78.5 Å². The van der Waals surface area contributed by atoms with E-state index in [9.17, 15) is 13.2 Å². The molecule has 1 atom stereocenters. The van der Waals surface area contributed by atoms with E-state index < -0.39 is 10.0 Å². The van der Waals surface area contributed by atoms with Crippen molar-refractivity contribution in [2.24, 2.45) is 0 Å². The fourth-order valence-electron chi connectivity index (χ4n) is 4.00. The number of nitrogens with zero attached hydrogens (tertiary/aromatic N) is 1. The molecule has 2 N–H and O–H groups in total. The molecule has 1 amide bonds. The number of anilines is 1. The van der Waals surface area contributed by atoms with Crippen LogP contribution in [-0.4, -0.2) is 44.4 Å². The van der Waals surface area contributed by atoms with E-state index in [2.05, 4.69) is 21.9 Å². The second-order valence-corrected chi connectivity index (χ2v) is 9.56. The Morgan fingerprint density at radius 3 is 2.37 bits per heavy atom. The molecule has 6 nitrogen and oxygen atoms in total. The second kappa shape index (κ2) is 9.17. The first-order valence-corrected chi connectivity index (χ1v) is 11.6. The molecule has 27 heavy (non-hydrogen) atoms. The summed E-state index contributed by atoms with van der Waals surface area (Å²) in [6.07, 6.45) is 8.64. The number of carbonyl (C=O) groups excluding carboxylic acids is 1. The highest BCUT2D eigenvalue weighted by atomic mass is 32.2. The average Bonchev–Trinajstić information content (AvgIpc) is 2.64. The van der Waals surface area contributed by atoms with E-state index in [-0.39, 0.29) is 16.8 Å². The number of piperidine rings is 1. The van der Waals surface area contributed by atoms with Gasteiger partial charge in [0.05, 0.1) is 11.4 Å². The minimum Gasteiger partial charge on any atom is -0.325 e. The molecule has 0 bridgehead atoms. The molecule has 0 spiro atoms. The first-order valence-electron chi connectivity index (χ1n) is 10.1. The molecule has 1 aliphatic heterocycles. The summed E-state index contributed by atoms with van der Waals surface area (Å²) in [5.74, 6) is -0.0558. The van der Waals surface area contributed by atoms with E-state index in [1.54, 1.807) is 24.3 Å². The van der Waals surface area contributed by atoms with Gasteiger partial charge in [0.25, 0.3) is 0 Å². The zero-order valence-electron chi connectivity index (χ0n) is 16.1. The Bertz CT molecular complexity index is 727. The number of hydrogen-bond acceptors (Lipinski definition) is 4. The molecule has 1 aliphatic carbocycles. The maximum absolute atomic E-state index is 12.5. The Morgan fingerprint density at radius 1 is 1.04 bits per heavy atom. The molecular formula is C20H31N3O3S. The van der Waals surface area contributed by atoms with E-state index in [1.807, 2.05) is 0 Å². The molecule has 1 aromatic rings. The van der Waals surface area contributed by atoms with Crippen molar-refractivity contribution in [1.29, 1.82) is 0 Å². The zero-order valence-corrected chi connectivity index (χ0v) is 16.9. The molecule has 3 rings (SSSR count). The van der Waals surface area contributed by atoms with Crippen LogP contribution in [0.2, 0.25) is 0 Å². The molecule has 2 aliphatic rings. The van der Waals surface area contributed by atoms with Crippen LogP contribution < -0.4 is 10.0 Å². The molecule has 0 radical (unpaired) electrons. The van der Waals surface area contributed by atoms with Crippen LogP contribution in [0.3, 0.4) is 0 Å². The zero-order chi connectivity index (χ0) is 19.3. The summed E-state index contributed by atoms with van der Waals surface area (Å²) in [5, 5.41) is 2.87. The van der Waals surface area contributed by atoms with E-state index in [4.69, 9.17) is 0 Å². The van der Waals surface area contributed by atoms with Crippen LogP contribution >= 0.6 is 0 Å². The average molecular weight is 394 g/mol. The Kier molecular flexibility index (Phi) is 6.89. The highest BCUT2D eigenvalue weighted by Crippen LogP contribution is 2.21. The Morgan fingerprint density at radius 2 is 1.70 bits per heavy atom. The van der Waals surface area contributed by atoms with Crippen molar-refractivity contribution in [2.75, 3.05) is 18.4 Å². The van der Waals surface area contributed by atoms with Gasteiger partial charge in [0.2, 0.25) is 15.9 Å². The van der Waals surface area contributed by atoms with Gasteiger partial charge in [0.1, 0.15) is 0 Å². The van der Waals surface area contributed by atoms with Crippen LogP contribution in [0.15, 0.2) is 29.2 Å². The lowest BCUT2D eigenvalue weighted by atomic mass is 9.96. The van der Waals surface area contributed by atoms with Crippen LogP contribution in [0.5, 0.6) is 0 Å². The highest BCUT2D eigenvalue weighted by molar-refractivity contribution is 7.89. The largest absolute Gasteiger partial charge is 0.325 e. The lowest BCUT2D eigenvalue weighted by Gasteiger charge is -2.32. The van der Waals surface area contributed by atoms with Gasteiger partial charge in [-0.2, -0.15) is 0 Å². The summed E-state index contributed by atoms with van der Waals surface area (Å²) >= 11 is 0. The van der Waals surface area contributed by atoms with Crippen molar-refractivity contribution < 1.29 is 13.2 Å². The van der Waals surface area contributed by atoms with Crippen molar-refractivity contribution in [1.82, 2.24) is 9.62 Å². The van der Waals surface area contributed by atoms with Gasteiger partial charge in [0, 0.05) is 17.8 Å². The molecule has 7 heteroatoms. The van der Waals surface area contributed by atoms with Crippen LogP contribution in [0, 0.1) is 0 Å². The Labute approximate surface area is 162 Å². The van der Waals surface area contributed by atoms with Crippen LogP contribution in [-0.2, 0) is 14.8 Å². The van der Waals surface area contributed by atoms with Gasteiger partial charge < -0.3 is 5.32 Å². The number of nitrogens with one attached hydrogen (secondary N) is 2. The van der Waals surface area contributed by atoms with E-state index >= 15 is 0 Å². The van der Waals surface area contributed by atoms with Gasteiger partial charge in [-0.3, -0.25) is 9.69 Å². The van der Waals surface area contributed by atoms with Gasteiger partial charge in [-0.25, -0.2) is 13.1 Å². The Hall–Kier alpha value is -1.44. The predicted molar refractivity (Wildman–Crippen MR) is 107 cm³/mol. The summed E-state index contributed by atoms with van der Waals surface area (Å²) in [4.78, 5) is 14.7. The number of carbonyl (C=O) groups is 1. The number of sulfonamides is 1. The summed E-state index contributed by atoms with van der Waals surface area (Å²) in [6.45, 7) is 3.49.